The molecular weight excluding hydrogens is 264 g/mol. The van der Waals surface area contributed by atoms with Crippen molar-refractivity contribution >= 4 is 17.3 Å². The summed E-state index contributed by atoms with van der Waals surface area (Å²) in [5.74, 6) is 0.663. The van der Waals surface area contributed by atoms with Gasteiger partial charge >= 0.3 is 0 Å². The zero-order valence-electron chi connectivity index (χ0n) is 12.5. The summed E-state index contributed by atoms with van der Waals surface area (Å²) in [7, 11) is 1.84. The van der Waals surface area contributed by atoms with Crippen LogP contribution >= 0.6 is 0 Å². The molecule has 0 aliphatic carbocycles. The Bertz CT molecular complexity index is 589. The number of amides is 1. The molecule has 0 saturated heterocycles. The molecule has 0 aliphatic heterocycles. The number of hydrogen-bond donors (Lipinski definition) is 2. The van der Waals surface area contributed by atoms with E-state index in [-0.39, 0.29) is 12.0 Å². The lowest BCUT2D eigenvalue weighted by molar-refractivity contribution is 0.102. The first kappa shape index (κ1) is 14.9. The van der Waals surface area contributed by atoms with Crippen molar-refractivity contribution in [2.45, 2.75) is 20.0 Å². The van der Waals surface area contributed by atoms with Crippen LogP contribution in [-0.2, 0) is 0 Å². The van der Waals surface area contributed by atoms with Crippen molar-refractivity contribution in [1.29, 1.82) is 0 Å². The van der Waals surface area contributed by atoms with Crippen LogP contribution in [-0.4, -0.2) is 19.1 Å². The highest BCUT2D eigenvalue weighted by Gasteiger charge is 2.06. The van der Waals surface area contributed by atoms with Crippen LogP contribution in [0.1, 0.15) is 24.2 Å². The molecule has 0 bridgehead atoms. The predicted octanol–water partition coefficient (Wildman–Crippen LogP) is 3.77. The van der Waals surface area contributed by atoms with Gasteiger partial charge in [0.25, 0.3) is 5.91 Å². The SMILES string of the molecule is CNc1ccc(C(=O)Nc2ccc(OC(C)C)cc2)cc1. The lowest BCUT2D eigenvalue weighted by Gasteiger charge is -2.11. The van der Waals surface area contributed by atoms with Crippen LogP contribution in [0.5, 0.6) is 5.75 Å². The van der Waals surface area contributed by atoms with Crippen LogP contribution in [0.25, 0.3) is 0 Å². The molecule has 0 heterocycles. The van der Waals surface area contributed by atoms with Gasteiger partial charge < -0.3 is 15.4 Å². The van der Waals surface area contributed by atoms with Gasteiger partial charge in [-0.3, -0.25) is 4.79 Å². The van der Waals surface area contributed by atoms with Crippen molar-refractivity contribution in [3.05, 3.63) is 54.1 Å². The Hall–Kier alpha value is -2.49. The summed E-state index contributed by atoms with van der Waals surface area (Å²) in [6, 6.07) is 14.7. The Kier molecular flexibility index (Phi) is 4.82. The molecule has 1 amide bonds. The molecular formula is C17H20N2O2. The third kappa shape index (κ3) is 4.24. The van der Waals surface area contributed by atoms with Crippen LogP contribution in [0.2, 0.25) is 0 Å². The molecule has 0 unspecified atom stereocenters. The fourth-order valence-electron chi connectivity index (χ4n) is 1.88. The Morgan fingerprint density at radius 3 is 2.05 bits per heavy atom. The predicted molar refractivity (Wildman–Crippen MR) is 86.1 cm³/mol. The largest absolute Gasteiger partial charge is 0.491 e. The van der Waals surface area contributed by atoms with Crippen molar-refractivity contribution in [3.63, 3.8) is 0 Å². The molecule has 4 nitrogen and oxygen atoms in total. The summed E-state index contributed by atoms with van der Waals surface area (Å²) in [5.41, 5.74) is 2.34. The molecule has 0 radical (unpaired) electrons. The summed E-state index contributed by atoms with van der Waals surface area (Å²) < 4.78 is 5.56. The molecule has 21 heavy (non-hydrogen) atoms. The highest BCUT2D eigenvalue weighted by atomic mass is 16.5. The van der Waals surface area contributed by atoms with Crippen molar-refractivity contribution in [2.24, 2.45) is 0 Å². The van der Waals surface area contributed by atoms with E-state index < -0.39 is 0 Å². The minimum Gasteiger partial charge on any atom is -0.491 e. The Labute approximate surface area is 125 Å². The zero-order valence-corrected chi connectivity index (χ0v) is 12.5. The van der Waals surface area contributed by atoms with Gasteiger partial charge in [0.15, 0.2) is 0 Å². The molecule has 0 fully saturated rings. The molecule has 2 rings (SSSR count). The highest BCUT2D eigenvalue weighted by molar-refractivity contribution is 6.04. The normalized spacial score (nSPS) is 10.3. The lowest BCUT2D eigenvalue weighted by Crippen LogP contribution is -2.12. The molecule has 110 valence electrons. The quantitative estimate of drug-likeness (QED) is 0.878. The number of ether oxygens (including phenoxy) is 1. The number of carbonyl (C=O) groups excluding carboxylic acids is 1. The standard InChI is InChI=1S/C17H20N2O2/c1-12(2)21-16-10-8-15(9-11-16)19-17(20)13-4-6-14(18-3)7-5-13/h4-12,18H,1-3H3,(H,19,20). The van der Waals surface area contributed by atoms with E-state index in [0.29, 0.717) is 5.56 Å². The third-order valence-electron chi connectivity index (χ3n) is 2.92. The monoisotopic (exact) mass is 284 g/mol. The van der Waals surface area contributed by atoms with Gasteiger partial charge in [-0.25, -0.2) is 0 Å². The molecule has 0 saturated carbocycles. The van der Waals surface area contributed by atoms with Gasteiger partial charge in [-0.1, -0.05) is 0 Å². The topological polar surface area (TPSA) is 50.4 Å². The Balaban J connectivity index is 2.01. The molecule has 2 N–H and O–H groups in total. The van der Waals surface area contributed by atoms with E-state index in [1.165, 1.54) is 0 Å². The maximum atomic E-state index is 12.1. The second-order valence-corrected chi connectivity index (χ2v) is 4.97. The second-order valence-electron chi connectivity index (χ2n) is 4.97. The first-order valence-electron chi connectivity index (χ1n) is 6.94. The van der Waals surface area contributed by atoms with Gasteiger partial charge in [0, 0.05) is 24.0 Å². The summed E-state index contributed by atoms with van der Waals surface area (Å²) in [6.07, 6.45) is 0.135. The molecule has 0 aromatic heterocycles. The van der Waals surface area contributed by atoms with E-state index in [1.54, 1.807) is 12.1 Å². The van der Waals surface area contributed by atoms with E-state index in [9.17, 15) is 4.79 Å². The fourth-order valence-corrected chi connectivity index (χ4v) is 1.88. The number of hydrogen-bond acceptors (Lipinski definition) is 3. The summed E-state index contributed by atoms with van der Waals surface area (Å²) >= 11 is 0. The van der Waals surface area contributed by atoms with Gasteiger partial charge in [0.2, 0.25) is 0 Å². The van der Waals surface area contributed by atoms with Gasteiger partial charge in [-0.2, -0.15) is 0 Å². The average molecular weight is 284 g/mol. The number of carbonyl (C=O) groups is 1. The van der Waals surface area contributed by atoms with E-state index in [1.807, 2.05) is 57.3 Å². The third-order valence-corrected chi connectivity index (χ3v) is 2.92. The number of benzene rings is 2. The molecule has 0 spiro atoms. The van der Waals surface area contributed by atoms with Gasteiger partial charge in [0.1, 0.15) is 5.75 Å². The average Bonchev–Trinajstić information content (AvgIpc) is 2.49. The van der Waals surface area contributed by atoms with Crippen molar-refractivity contribution in [3.8, 4) is 5.75 Å². The second kappa shape index (κ2) is 6.79. The summed E-state index contributed by atoms with van der Waals surface area (Å²) in [5, 5.41) is 5.88. The first-order valence-corrected chi connectivity index (χ1v) is 6.94. The Morgan fingerprint density at radius 1 is 0.952 bits per heavy atom. The lowest BCUT2D eigenvalue weighted by atomic mass is 10.2. The number of anilines is 2. The number of nitrogens with one attached hydrogen (secondary N) is 2. The van der Waals surface area contributed by atoms with E-state index in [0.717, 1.165) is 17.1 Å². The van der Waals surface area contributed by atoms with Crippen LogP contribution in [0.15, 0.2) is 48.5 Å². The van der Waals surface area contributed by atoms with Crippen molar-refractivity contribution < 1.29 is 9.53 Å². The smallest absolute Gasteiger partial charge is 0.255 e. The molecule has 0 atom stereocenters. The fraction of sp³-hybridized carbons (Fsp3) is 0.235. The summed E-state index contributed by atoms with van der Waals surface area (Å²) in [6.45, 7) is 3.95. The molecule has 0 aliphatic rings. The van der Waals surface area contributed by atoms with E-state index >= 15 is 0 Å². The Morgan fingerprint density at radius 2 is 1.52 bits per heavy atom. The van der Waals surface area contributed by atoms with E-state index in [2.05, 4.69) is 10.6 Å². The van der Waals surface area contributed by atoms with Crippen LogP contribution in [0.3, 0.4) is 0 Å². The zero-order chi connectivity index (χ0) is 15.2. The number of rotatable bonds is 5. The van der Waals surface area contributed by atoms with E-state index in [4.69, 9.17) is 4.74 Å². The molecule has 2 aromatic rings. The van der Waals surface area contributed by atoms with Crippen molar-refractivity contribution in [1.82, 2.24) is 0 Å². The van der Waals surface area contributed by atoms with Gasteiger partial charge in [0.05, 0.1) is 6.10 Å². The minimum atomic E-state index is -0.129. The summed E-state index contributed by atoms with van der Waals surface area (Å²) in [4.78, 5) is 12.1. The maximum absolute atomic E-state index is 12.1. The van der Waals surface area contributed by atoms with Crippen molar-refractivity contribution in [2.75, 3.05) is 17.7 Å². The first-order chi connectivity index (χ1) is 10.1. The minimum absolute atomic E-state index is 0.129. The molecule has 4 heteroatoms. The van der Waals surface area contributed by atoms with Crippen LogP contribution in [0, 0.1) is 0 Å². The maximum Gasteiger partial charge on any atom is 0.255 e. The highest BCUT2D eigenvalue weighted by Crippen LogP contribution is 2.18. The van der Waals surface area contributed by atoms with Gasteiger partial charge in [-0.05, 0) is 62.4 Å². The van der Waals surface area contributed by atoms with Gasteiger partial charge in [-0.15, -0.1) is 0 Å². The van der Waals surface area contributed by atoms with Crippen LogP contribution < -0.4 is 15.4 Å². The van der Waals surface area contributed by atoms with Crippen LogP contribution in [0.4, 0.5) is 11.4 Å². The molecule has 2 aromatic carbocycles.